The smallest absolute Gasteiger partial charge is 0.338 e. The van der Waals surface area contributed by atoms with E-state index < -0.39 is 0 Å². The number of hydrogen-bond donors (Lipinski definition) is 0. The Balaban J connectivity index is 1.70. The van der Waals surface area contributed by atoms with Crippen molar-refractivity contribution in [1.29, 1.82) is 0 Å². The standard InChI is InChI=1S/C18H20O4/c1-20-14-15-7-5-8-16(13-15)18(19)22-12-6-11-21-17-9-3-2-4-10-17/h2-5,7-10,13H,6,11-12,14H2,1H3. The van der Waals surface area contributed by atoms with Crippen LogP contribution in [0.1, 0.15) is 22.3 Å². The Morgan fingerprint density at radius 2 is 1.82 bits per heavy atom. The van der Waals surface area contributed by atoms with Crippen LogP contribution in [0, 0.1) is 0 Å². The first-order valence-electron chi connectivity index (χ1n) is 7.22. The van der Waals surface area contributed by atoms with E-state index in [1.807, 2.05) is 42.5 Å². The van der Waals surface area contributed by atoms with Gasteiger partial charge in [0.1, 0.15) is 5.75 Å². The molecular formula is C18H20O4. The molecule has 0 fully saturated rings. The van der Waals surface area contributed by atoms with Crippen LogP contribution < -0.4 is 4.74 Å². The van der Waals surface area contributed by atoms with Crippen molar-refractivity contribution in [3.05, 3.63) is 65.7 Å². The van der Waals surface area contributed by atoms with E-state index in [0.29, 0.717) is 31.8 Å². The summed E-state index contributed by atoms with van der Waals surface area (Å²) in [5, 5.41) is 0. The average molecular weight is 300 g/mol. The topological polar surface area (TPSA) is 44.8 Å². The molecule has 0 unspecified atom stereocenters. The lowest BCUT2D eigenvalue weighted by Crippen LogP contribution is -2.09. The molecule has 2 rings (SSSR count). The van der Waals surface area contributed by atoms with Crippen molar-refractivity contribution < 1.29 is 19.0 Å². The SMILES string of the molecule is COCc1cccc(C(=O)OCCCOc2ccccc2)c1. The van der Waals surface area contributed by atoms with Gasteiger partial charge in [0.2, 0.25) is 0 Å². The number of hydrogen-bond acceptors (Lipinski definition) is 4. The van der Waals surface area contributed by atoms with Gasteiger partial charge in [0.15, 0.2) is 0 Å². The van der Waals surface area contributed by atoms with Gasteiger partial charge in [-0.3, -0.25) is 0 Å². The maximum absolute atomic E-state index is 11.9. The van der Waals surface area contributed by atoms with Gasteiger partial charge < -0.3 is 14.2 Å². The zero-order valence-corrected chi connectivity index (χ0v) is 12.7. The second-order valence-electron chi connectivity index (χ2n) is 4.78. The molecule has 0 aromatic heterocycles. The van der Waals surface area contributed by atoms with Crippen molar-refractivity contribution in [2.45, 2.75) is 13.0 Å². The molecule has 0 amide bonds. The normalized spacial score (nSPS) is 10.2. The Hall–Kier alpha value is -2.33. The first kappa shape index (κ1) is 16.0. The zero-order valence-electron chi connectivity index (χ0n) is 12.7. The Labute approximate surface area is 130 Å². The number of carbonyl (C=O) groups excluding carboxylic acids is 1. The van der Waals surface area contributed by atoms with E-state index in [1.54, 1.807) is 19.2 Å². The van der Waals surface area contributed by atoms with E-state index in [1.165, 1.54) is 0 Å². The van der Waals surface area contributed by atoms with Crippen LogP contribution in [-0.2, 0) is 16.1 Å². The molecular weight excluding hydrogens is 280 g/mol. The van der Waals surface area contributed by atoms with Gasteiger partial charge in [-0.05, 0) is 29.8 Å². The van der Waals surface area contributed by atoms with E-state index in [-0.39, 0.29) is 5.97 Å². The van der Waals surface area contributed by atoms with Crippen LogP contribution in [-0.4, -0.2) is 26.3 Å². The molecule has 116 valence electrons. The second-order valence-corrected chi connectivity index (χ2v) is 4.78. The highest BCUT2D eigenvalue weighted by Gasteiger charge is 2.07. The summed E-state index contributed by atoms with van der Waals surface area (Å²) in [6, 6.07) is 16.8. The first-order chi connectivity index (χ1) is 10.8. The molecule has 2 aromatic rings. The lowest BCUT2D eigenvalue weighted by Gasteiger charge is -2.08. The van der Waals surface area contributed by atoms with E-state index in [4.69, 9.17) is 14.2 Å². The number of benzene rings is 2. The van der Waals surface area contributed by atoms with Gasteiger partial charge in [0.25, 0.3) is 0 Å². The molecule has 4 heteroatoms. The Morgan fingerprint density at radius 1 is 1.00 bits per heavy atom. The van der Waals surface area contributed by atoms with Crippen LogP contribution in [0.5, 0.6) is 5.75 Å². The van der Waals surface area contributed by atoms with Gasteiger partial charge in [-0.25, -0.2) is 4.79 Å². The molecule has 4 nitrogen and oxygen atoms in total. The number of ether oxygens (including phenoxy) is 3. The van der Waals surface area contributed by atoms with Crippen molar-refractivity contribution in [2.24, 2.45) is 0 Å². The third kappa shape index (κ3) is 5.22. The van der Waals surface area contributed by atoms with E-state index in [0.717, 1.165) is 11.3 Å². The Bertz CT molecular complexity index is 581. The Kier molecular flexibility index (Phi) is 6.45. The molecule has 0 aliphatic heterocycles. The maximum atomic E-state index is 11.9. The summed E-state index contributed by atoms with van der Waals surface area (Å²) in [5.74, 6) is 0.499. The molecule has 22 heavy (non-hydrogen) atoms. The summed E-state index contributed by atoms with van der Waals surface area (Å²) in [4.78, 5) is 11.9. The van der Waals surface area contributed by atoms with Crippen LogP contribution in [0.25, 0.3) is 0 Å². The van der Waals surface area contributed by atoms with Gasteiger partial charge >= 0.3 is 5.97 Å². The highest BCUT2D eigenvalue weighted by molar-refractivity contribution is 5.89. The molecule has 0 atom stereocenters. The molecule has 0 radical (unpaired) electrons. The van der Waals surface area contributed by atoms with Crippen molar-refractivity contribution in [3.63, 3.8) is 0 Å². The third-order valence-corrected chi connectivity index (χ3v) is 3.01. The van der Waals surface area contributed by atoms with Gasteiger partial charge in [0, 0.05) is 13.5 Å². The number of rotatable bonds is 8. The quantitative estimate of drug-likeness (QED) is 0.553. The monoisotopic (exact) mass is 300 g/mol. The fraction of sp³-hybridized carbons (Fsp3) is 0.278. The predicted molar refractivity (Wildman–Crippen MR) is 84.0 cm³/mol. The van der Waals surface area contributed by atoms with Crippen molar-refractivity contribution in [2.75, 3.05) is 20.3 Å². The molecule has 0 aliphatic carbocycles. The summed E-state index contributed by atoms with van der Waals surface area (Å²) < 4.78 is 15.8. The number of carbonyl (C=O) groups is 1. The number of esters is 1. The summed E-state index contributed by atoms with van der Waals surface area (Å²) in [6.07, 6.45) is 0.651. The summed E-state index contributed by atoms with van der Waals surface area (Å²) in [7, 11) is 1.62. The van der Waals surface area contributed by atoms with Gasteiger partial charge in [-0.1, -0.05) is 30.3 Å². The molecule has 0 saturated carbocycles. The molecule has 0 saturated heterocycles. The lowest BCUT2D eigenvalue weighted by atomic mass is 10.1. The second kappa shape index (κ2) is 8.85. The van der Waals surface area contributed by atoms with Crippen molar-refractivity contribution in [1.82, 2.24) is 0 Å². The molecule has 0 aliphatic rings. The summed E-state index contributed by atoms with van der Waals surface area (Å²) in [6.45, 7) is 1.33. The summed E-state index contributed by atoms with van der Waals surface area (Å²) >= 11 is 0. The molecule has 0 heterocycles. The van der Waals surface area contributed by atoms with Crippen LogP contribution in [0.2, 0.25) is 0 Å². The highest BCUT2D eigenvalue weighted by Crippen LogP contribution is 2.10. The van der Waals surface area contributed by atoms with Crippen molar-refractivity contribution in [3.8, 4) is 5.75 Å². The molecule has 2 aromatic carbocycles. The third-order valence-electron chi connectivity index (χ3n) is 3.01. The van der Waals surface area contributed by atoms with Crippen LogP contribution in [0.15, 0.2) is 54.6 Å². The van der Waals surface area contributed by atoms with Gasteiger partial charge in [-0.2, -0.15) is 0 Å². The van der Waals surface area contributed by atoms with Gasteiger partial charge in [0.05, 0.1) is 25.4 Å². The molecule has 0 spiro atoms. The maximum Gasteiger partial charge on any atom is 0.338 e. The van der Waals surface area contributed by atoms with E-state index in [9.17, 15) is 4.79 Å². The number of para-hydroxylation sites is 1. The Morgan fingerprint density at radius 3 is 2.59 bits per heavy atom. The van der Waals surface area contributed by atoms with Crippen LogP contribution >= 0.6 is 0 Å². The minimum atomic E-state index is -0.322. The molecule has 0 N–H and O–H groups in total. The minimum absolute atomic E-state index is 0.322. The van der Waals surface area contributed by atoms with Crippen molar-refractivity contribution >= 4 is 5.97 Å². The average Bonchev–Trinajstić information content (AvgIpc) is 2.56. The van der Waals surface area contributed by atoms with Gasteiger partial charge in [-0.15, -0.1) is 0 Å². The van der Waals surface area contributed by atoms with E-state index in [2.05, 4.69) is 0 Å². The largest absolute Gasteiger partial charge is 0.493 e. The fourth-order valence-electron chi connectivity index (χ4n) is 1.97. The van der Waals surface area contributed by atoms with Crippen LogP contribution in [0.3, 0.4) is 0 Å². The fourth-order valence-corrected chi connectivity index (χ4v) is 1.97. The minimum Gasteiger partial charge on any atom is -0.493 e. The van der Waals surface area contributed by atoms with Crippen LogP contribution in [0.4, 0.5) is 0 Å². The number of methoxy groups -OCH3 is 1. The zero-order chi connectivity index (χ0) is 15.6. The van der Waals surface area contributed by atoms with E-state index >= 15 is 0 Å². The highest BCUT2D eigenvalue weighted by atomic mass is 16.5. The molecule has 0 bridgehead atoms. The summed E-state index contributed by atoms with van der Waals surface area (Å²) in [5.41, 5.74) is 1.49. The lowest BCUT2D eigenvalue weighted by molar-refractivity contribution is 0.0485. The predicted octanol–water partition coefficient (Wildman–Crippen LogP) is 3.46. The first-order valence-corrected chi connectivity index (χ1v) is 7.22.